The quantitative estimate of drug-likeness (QED) is 0.918. The number of H-pyrrole nitrogens is 1. The second kappa shape index (κ2) is 6.12. The first-order chi connectivity index (χ1) is 9.11. The fourth-order valence-corrected chi connectivity index (χ4v) is 2.50. The number of alkyl halides is 2. The average Bonchev–Trinajstić information content (AvgIpc) is 2.77. The van der Waals surface area contributed by atoms with Crippen molar-refractivity contribution < 1.29 is 13.6 Å². The van der Waals surface area contributed by atoms with Crippen LogP contribution in [-0.4, -0.2) is 34.1 Å². The Labute approximate surface area is 111 Å². The third-order valence-electron chi connectivity index (χ3n) is 3.76. The largest absolute Gasteiger partial charge is 0.337 e. The average molecular weight is 271 g/mol. The van der Waals surface area contributed by atoms with Gasteiger partial charge >= 0.3 is 0 Å². The van der Waals surface area contributed by atoms with Crippen LogP contribution < -0.4 is 0 Å². The number of rotatable bonds is 3. The van der Waals surface area contributed by atoms with Crippen LogP contribution in [-0.2, 0) is 0 Å². The molecule has 2 heterocycles. The van der Waals surface area contributed by atoms with Gasteiger partial charge < -0.3 is 4.90 Å². The molecule has 0 spiro atoms. The Morgan fingerprint density at radius 3 is 2.95 bits per heavy atom. The lowest BCUT2D eigenvalue weighted by Crippen LogP contribution is -2.32. The molecule has 1 fully saturated rings. The number of hydrogen-bond donors (Lipinski definition) is 1. The zero-order valence-electron chi connectivity index (χ0n) is 11.0. The molecule has 1 aliphatic heterocycles. The van der Waals surface area contributed by atoms with Gasteiger partial charge in [-0.3, -0.25) is 9.89 Å². The molecule has 1 aromatic rings. The van der Waals surface area contributed by atoms with Gasteiger partial charge in [0.2, 0.25) is 0 Å². The smallest absolute Gasteiger partial charge is 0.279 e. The summed E-state index contributed by atoms with van der Waals surface area (Å²) in [5.41, 5.74) is -0.213. The van der Waals surface area contributed by atoms with Crippen LogP contribution in [0, 0.1) is 5.92 Å². The van der Waals surface area contributed by atoms with Crippen molar-refractivity contribution in [3.8, 4) is 0 Å². The molecule has 0 radical (unpaired) electrons. The first-order valence-electron chi connectivity index (χ1n) is 6.74. The number of nitrogens with one attached hydrogen (secondary N) is 1. The minimum absolute atomic E-state index is 0.0882. The van der Waals surface area contributed by atoms with Crippen LogP contribution in [0.3, 0.4) is 0 Å². The van der Waals surface area contributed by atoms with Crippen molar-refractivity contribution in [3.05, 3.63) is 17.5 Å². The monoisotopic (exact) mass is 271 g/mol. The summed E-state index contributed by atoms with van der Waals surface area (Å²) >= 11 is 0. The Hall–Kier alpha value is -1.46. The number of carbonyl (C=O) groups excluding carboxylic acids is 1. The van der Waals surface area contributed by atoms with E-state index in [9.17, 15) is 13.6 Å². The number of aromatic amines is 1. The van der Waals surface area contributed by atoms with Crippen LogP contribution in [0.4, 0.5) is 8.78 Å². The summed E-state index contributed by atoms with van der Waals surface area (Å²) in [6.45, 7) is 3.53. The Bertz CT molecular complexity index is 433. The fraction of sp³-hybridized carbons (Fsp3) is 0.692. The van der Waals surface area contributed by atoms with E-state index < -0.39 is 6.43 Å². The molecule has 1 amide bonds. The van der Waals surface area contributed by atoms with Crippen LogP contribution >= 0.6 is 0 Å². The van der Waals surface area contributed by atoms with Gasteiger partial charge in [-0.25, -0.2) is 8.78 Å². The SMILES string of the molecule is CCC1CCCN(C(=O)c2cc(C(F)F)[nH]n2)CC1. The van der Waals surface area contributed by atoms with Gasteiger partial charge in [0.05, 0.1) is 0 Å². The molecule has 1 atom stereocenters. The van der Waals surface area contributed by atoms with E-state index in [1.807, 2.05) is 0 Å². The molecule has 2 rings (SSSR count). The predicted molar refractivity (Wildman–Crippen MR) is 67.1 cm³/mol. The van der Waals surface area contributed by atoms with Gasteiger partial charge in [-0.1, -0.05) is 13.3 Å². The summed E-state index contributed by atoms with van der Waals surface area (Å²) in [5, 5.41) is 5.90. The third kappa shape index (κ3) is 3.30. The highest BCUT2D eigenvalue weighted by Gasteiger charge is 2.23. The van der Waals surface area contributed by atoms with E-state index in [-0.39, 0.29) is 17.3 Å². The van der Waals surface area contributed by atoms with Crippen molar-refractivity contribution in [3.63, 3.8) is 0 Å². The van der Waals surface area contributed by atoms with Gasteiger partial charge in [-0.15, -0.1) is 0 Å². The Morgan fingerprint density at radius 2 is 2.32 bits per heavy atom. The molecule has 0 aliphatic carbocycles. The number of hydrogen-bond acceptors (Lipinski definition) is 2. The second-order valence-electron chi connectivity index (χ2n) is 5.01. The maximum atomic E-state index is 12.5. The van der Waals surface area contributed by atoms with E-state index >= 15 is 0 Å². The van der Waals surface area contributed by atoms with Gasteiger partial charge in [0.25, 0.3) is 12.3 Å². The number of nitrogens with zero attached hydrogens (tertiary/aromatic N) is 2. The van der Waals surface area contributed by atoms with Crippen LogP contribution in [0.25, 0.3) is 0 Å². The van der Waals surface area contributed by atoms with Crippen molar-refractivity contribution in [2.75, 3.05) is 13.1 Å². The lowest BCUT2D eigenvalue weighted by atomic mass is 9.98. The molecular formula is C13H19F2N3O. The molecule has 1 unspecified atom stereocenters. The van der Waals surface area contributed by atoms with Gasteiger partial charge in [0, 0.05) is 13.1 Å². The van der Waals surface area contributed by atoms with E-state index in [1.54, 1.807) is 4.90 Å². The molecule has 0 bridgehead atoms. The van der Waals surface area contributed by atoms with Gasteiger partial charge in [-0.2, -0.15) is 5.10 Å². The first kappa shape index (κ1) is 14.0. The van der Waals surface area contributed by atoms with E-state index in [4.69, 9.17) is 0 Å². The summed E-state index contributed by atoms with van der Waals surface area (Å²) in [6, 6.07) is 1.15. The summed E-state index contributed by atoms with van der Waals surface area (Å²) in [6.07, 6.45) is 1.58. The molecule has 19 heavy (non-hydrogen) atoms. The maximum absolute atomic E-state index is 12.5. The van der Waals surface area contributed by atoms with Gasteiger partial charge in [0.15, 0.2) is 5.69 Å². The van der Waals surface area contributed by atoms with Gasteiger partial charge in [0.1, 0.15) is 5.69 Å². The minimum atomic E-state index is -2.62. The Morgan fingerprint density at radius 1 is 1.53 bits per heavy atom. The van der Waals surface area contributed by atoms with E-state index in [0.29, 0.717) is 19.0 Å². The van der Waals surface area contributed by atoms with Crippen molar-refractivity contribution in [1.82, 2.24) is 15.1 Å². The van der Waals surface area contributed by atoms with E-state index in [2.05, 4.69) is 17.1 Å². The molecule has 6 heteroatoms. The number of likely N-dealkylation sites (tertiary alicyclic amines) is 1. The van der Waals surface area contributed by atoms with E-state index in [0.717, 1.165) is 31.7 Å². The number of halogens is 2. The zero-order chi connectivity index (χ0) is 13.8. The topological polar surface area (TPSA) is 49.0 Å². The molecule has 1 aliphatic rings. The molecule has 1 saturated heterocycles. The van der Waals surface area contributed by atoms with Crippen LogP contribution in [0.5, 0.6) is 0 Å². The minimum Gasteiger partial charge on any atom is -0.337 e. The lowest BCUT2D eigenvalue weighted by Gasteiger charge is -2.19. The summed E-state index contributed by atoms with van der Waals surface area (Å²) in [5.74, 6) is 0.411. The fourth-order valence-electron chi connectivity index (χ4n) is 2.50. The lowest BCUT2D eigenvalue weighted by molar-refractivity contribution is 0.0754. The van der Waals surface area contributed by atoms with Crippen molar-refractivity contribution >= 4 is 5.91 Å². The maximum Gasteiger partial charge on any atom is 0.279 e. The zero-order valence-corrected chi connectivity index (χ0v) is 11.0. The standard InChI is InChI=1S/C13H19F2N3O/c1-2-9-4-3-6-18(7-5-9)13(19)11-8-10(12(14)15)16-17-11/h8-9,12H,2-7H2,1H3,(H,16,17). The highest BCUT2D eigenvalue weighted by Crippen LogP contribution is 2.22. The molecule has 4 nitrogen and oxygen atoms in total. The van der Waals surface area contributed by atoms with Crippen molar-refractivity contribution in [2.24, 2.45) is 5.92 Å². The molecular weight excluding hydrogens is 252 g/mol. The Balaban J connectivity index is 2.02. The number of amides is 1. The highest BCUT2D eigenvalue weighted by atomic mass is 19.3. The molecule has 106 valence electrons. The van der Waals surface area contributed by atoms with Crippen LogP contribution in [0.2, 0.25) is 0 Å². The summed E-state index contributed by atoms with van der Waals surface area (Å²) in [7, 11) is 0. The summed E-state index contributed by atoms with van der Waals surface area (Å²) < 4.78 is 24.9. The van der Waals surface area contributed by atoms with Crippen LogP contribution in [0.1, 0.15) is 55.2 Å². The molecule has 1 aromatic heterocycles. The van der Waals surface area contributed by atoms with E-state index in [1.165, 1.54) is 0 Å². The van der Waals surface area contributed by atoms with Gasteiger partial charge in [-0.05, 0) is 31.2 Å². The summed E-state index contributed by atoms with van der Waals surface area (Å²) in [4.78, 5) is 13.9. The predicted octanol–water partition coefficient (Wildman–Crippen LogP) is 3.00. The molecule has 0 aromatic carbocycles. The number of carbonyl (C=O) groups is 1. The first-order valence-corrected chi connectivity index (χ1v) is 6.74. The van der Waals surface area contributed by atoms with Crippen LogP contribution in [0.15, 0.2) is 6.07 Å². The molecule has 0 saturated carbocycles. The van der Waals surface area contributed by atoms with Crippen molar-refractivity contribution in [2.45, 2.75) is 39.0 Å². The number of aromatic nitrogens is 2. The molecule has 1 N–H and O–H groups in total. The Kier molecular flexibility index (Phi) is 4.50. The highest BCUT2D eigenvalue weighted by molar-refractivity contribution is 5.92. The second-order valence-corrected chi connectivity index (χ2v) is 5.01. The third-order valence-corrected chi connectivity index (χ3v) is 3.76. The van der Waals surface area contributed by atoms with Crippen molar-refractivity contribution in [1.29, 1.82) is 0 Å². The normalized spacial score (nSPS) is 20.6.